The summed E-state index contributed by atoms with van der Waals surface area (Å²) in [4.78, 5) is 23.4. The first kappa shape index (κ1) is 60.1. The van der Waals surface area contributed by atoms with Crippen molar-refractivity contribution in [3.63, 3.8) is 0 Å². The molecule has 0 unspecified atom stereocenters. The second kappa shape index (κ2) is 51.4. The molecule has 0 atom stereocenters. The molecule has 0 fully saturated rings. The first-order chi connectivity index (χ1) is 28.9. The Balaban J connectivity index is 0. The van der Waals surface area contributed by atoms with Crippen LogP contribution in [0.15, 0.2) is 0 Å². The van der Waals surface area contributed by atoms with Gasteiger partial charge in [0.05, 0.1) is 33.0 Å². The first-order valence-electron chi connectivity index (χ1n) is 25.7. The van der Waals surface area contributed by atoms with Gasteiger partial charge in [0.25, 0.3) is 0 Å². The largest absolute Gasteiger partial charge is 0.474 e. The van der Waals surface area contributed by atoms with Gasteiger partial charge in [0.1, 0.15) is 0 Å². The molecule has 9 heteroatoms. The lowest BCUT2D eigenvalue weighted by Crippen LogP contribution is -2.06. The molecule has 0 aromatic carbocycles. The van der Waals surface area contributed by atoms with Crippen molar-refractivity contribution in [2.75, 3.05) is 33.0 Å². The van der Waals surface area contributed by atoms with Gasteiger partial charge in [-0.2, -0.15) is 0 Å². The molecule has 8 nitrogen and oxygen atoms in total. The fourth-order valence-electron chi connectivity index (χ4n) is 6.81. The third kappa shape index (κ3) is 51.3. The van der Waals surface area contributed by atoms with E-state index in [0.717, 1.165) is 89.9 Å². The molecule has 0 saturated heterocycles. The van der Waals surface area contributed by atoms with Crippen molar-refractivity contribution in [2.45, 2.75) is 279 Å². The van der Waals surface area contributed by atoms with Crippen LogP contribution in [-0.4, -0.2) is 45.0 Å². The molecule has 0 spiro atoms. The van der Waals surface area contributed by atoms with E-state index in [1.54, 1.807) is 0 Å². The Bertz CT molecular complexity index is 797. The number of phosphoric acid groups is 1. The van der Waals surface area contributed by atoms with Crippen LogP contribution >= 0.6 is 7.82 Å². The quantitative estimate of drug-likeness (QED) is 0.0339. The van der Waals surface area contributed by atoms with E-state index >= 15 is 0 Å². The molecular weight excluding hydrogens is 760 g/mol. The summed E-state index contributed by atoms with van der Waals surface area (Å²) in [5, 5.41) is 0. The molecule has 0 amide bonds. The number of unbranched alkanes of at least 4 members (excludes halogenated alkanes) is 30. The van der Waals surface area contributed by atoms with Crippen LogP contribution in [0.2, 0.25) is 0 Å². The molecule has 0 bridgehead atoms. The zero-order chi connectivity index (χ0) is 43.6. The fourth-order valence-corrected chi connectivity index (χ4v) is 8.10. The van der Waals surface area contributed by atoms with Gasteiger partial charge in [0.15, 0.2) is 0 Å². The highest BCUT2D eigenvalue weighted by Crippen LogP contribution is 2.50. The molecule has 0 N–H and O–H groups in total. The minimum absolute atomic E-state index is 0.0448. The lowest BCUT2D eigenvalue weighted by atomic mass is 10.1. The third-order valence-electron chi connectivity index (χ3n) is 10.8. The third-order valence-corrected chi connectivity index (χ3v) is 12.3. The molecule has 0 aliphatic carbocycles. The van der Waals surface area contributed by atoms with Crippen LogP contribution in [0.4, 0.5) is 0 Å². The number of esters is 2. The van der Waals surface area contributed by atoms with Crippen LogP contribution in [0, 0.1) is 0 Å². The molecular formula is C50H101O8P. The normalized spacial score (nSPS) is 11.4. The lowest BCUT2D eigenvalue weighted by Gasteiger charge is -2.18. The molecule has 0 heterocycles. The Kier molecular flexibility index (Phi) is 52.4. The van der Waals surface area contributed by atoms with Gasteiger partial charge >= 0.3 is 19.8 Å². The number of hydrogen-bond donors (Lipinski definition) is 0. The predicted molar refractivity (Wildman–Crippen MR) is 251 cm³/mol. The molecule has 0 aliphatic rings. The summed E-state index contributed by atoms with van der Waals surface area (Å²) in [5.41, 5.74) is 0. The van der Waals surface area contributed by atoms with Crippen LogP contribution in [0.1, 0.15) is 279 Å². The smallest absolute Gasteiger partial charge is 0.466 e. The SMILES string of the molecule is CCCCCCCCOC(=O)CCCCCCCCC(=O)OCCCCCCCC.CCCCCCCCOP(=O)(OCCCCCCCC)OCCCCCCCC. The van der Waals surface area contributed by atoms with E-state index in [0.29, 0.717) is 45.9 Å². The average Bonchev–Trinajstić information content (AvgIpc) is 3.23. The van der Waals surface area contributed by atoms with Crippen molar-refractivity contribution in [1.29, 1.82) is 0 Å². The Morgan fingerprint density at radius 1 is 0.288 bits per heavy atom. The minimum Gasteiger partial charge on any atom is -0.466 e. The monoisotopic (exact) mass is 861 g/mol. The number of carbonyl (C=O) groups excluding carboxylic acids is 2. The van der Waals surface area contributed by atoms with E-state index in [1.807, 2.05) is 0 Å². The molecule has 0 aromatic heterocycles. The van der Waals surface area contributed by atoms with Crippen molar-refractivity contribution in [3.05, 3.63) is 0 Å². The minimum atomic E-state index is -3.40. The highest BCUT2D eigenvalue weighted by molar-refractivity contribution is 7.48. The van der Waals surface area contributed by atoms with E-state index < -0.39 is 7.82 Å². The number of phosphoric ester groups is 1. The fraction of sp³-hybridized carbons (Fsp3) is 0.960. The molecule has 0 radical (unpaired) electrons. The van der Waals surface area contributed by atoms with Crippen molar-refractivity contribution in [2.24, 2.45) is 0 Å². The van der Waals surface area contributed by atoms with Crippen molar-refractivity contribution >= 4 is 19.8 Å². The predicted octanol–water partition coefficient (Wildman–Crippen LogP) is 17.1. The first-order valence-corrected chi connectivity index (χ1v) is 27.2. The summed E-state index contributed by atoms with van der Waals surface area (Å²) >= 11 is 0. The number of hydrogen-bond acceptors (Lipinski definition) is 8. The van der Waals surface area contributed by atoms with E-state index in [1.165, 1.54) is 141 Å². The summed E-state index contributed by atoms with van der Waals surface area (Å²) in [6.45, 7) is 13.7. The molecule has 0 rings (SSSR count). The highest BCUT2D eigenvalue weighted by Gasteiger charge is 2.26. The maximum absolute atomic E-state index is 13.0. The standard InChI is InChI=1S/C26H50O4.C24H51O4P/c1-3-5-7-9-15-19-23-29-25(27)21-17-13-11-12-14-18-22-26(28)30-24-20-16-10-8-6-4-2;1-4-7-10-13-16-19-22-26-29(25,27-23-20-17-14-11-8-5-2)28-24-21-18-15-12-9-6-3/h3-24H2,1-2H3;4-24H2,1-3H3. The van der Waals surface area contributed by atoms with Crippen LogP contribution in [-0.2, 0) is 37.2 Å². The number of carbonyl (C=O) groups is 2. The van der Waals surface area contributed by atoms with Crippen molar-refractivity contribution < 1.29 is 37.2 Å². The maximum Gasteiger partial charge on any atom is 0.474 e. The topological polar surface area (TPSA) is 97.4 Å². The summed E-state index contributed by atoms with van der Waals surface area (Å²) in [6, 6.07) is 0. The van der Waals surface area contributed by atoms with Crippen LogP contribution in [0.3, 0.4) is 0 Å². The Morgan fingerprint density at radius 3 is 0.746 bits per heavy atom. The van der Waals surface area contributed by atoms with Gasteiger partial charge in [-0.1, -0.05) is 221 Å². The number of rotatable bonds is 47. The molecule has 354 valence electrons. The Hall–Kier alpha value is -0.950. The summed E-state index contributed by atoms with van der Waals surface area (Å²) in [6.07, 6.45) is 43.1. The van der Waals surface area contributed by atoms with E-state index in [2.05, 4.69) is 34.6 Å². The van der Waals surface area contributed by atoms with Gasteiger partial charge in [-0.3, -0.25) is 23.2 Å². The van der Waals surface area contributed by atoms with E-state index in [9.17, 15) is 14.2 Å². The average molecular weight is 861 g/mol. The number of ether oxygens (including phenoxy) is 2. The van der Waals surface area contributed by atoms with Crippen molar-refractivity contribution in [3.8, 4) is 0 Å². The summed E-state index contributed by atoms with van der Waals surface area (Å²) in [7, 11) is -3.40. The van der Waals surface area contributed by atoms with Gasteiger partial charge in [-0.25, -0.2) is 4.57 Å². The van der Waals surface area contributed by atoms with Crippen LogP contribution in [0.25, 0.3) is 0 Å². The van der Waals surface area contributed by atoms with Gasteiger partial charge in [-0.05, 0) is 44.9 Å². The zero-order valence-corrected chi connectivity index (χ0v) is 41.0. The van der Waals surface area contributed by atoms with Crippen LogP contribution in [0.5, 0.6) is 0 Å². The highest BCUT2D eigenvalue weighted by atomic mass is 31.2. The second-order valence-electron chi connectivity index (χ2n) is 16.8. The Morgan fingerprint density at radius 2 is 0.492 bits per heavy atom. The van der Waals surface area contributed by atoms with E-state index in [-0.39, 0.29) is 11.9 Å². The van der Waals surface area contributed by atoms with E-state index in [4.69, 9.17) is 23.0 Å². The maximum atomic E-state index is 13.0. The molecule has 0 aromatic rings. The van der Waals surface area contributed by atoms with Crippen molar-refractivity contribution in [1.82, 2.24) is 0 Å². The molecule has 59 heavy (non-hydrogen) atoms. The molecule has 0 aliphatic heterocycles. The lowest BCUT2D eigenvalue weighted by molar-refractivity contribution is -0.144. The summed E-state index contributed by atoms with van der Waals surface area (Å²) < 4.78 is 40.5. The summed E-state index contributed by atoms with van der Waals surface area (Å²) in [5.74, 6) is -0.0895. The van der Waals surface area contributed by atoms with Gasteiger partial charge < -0.3 is 9.47 Å². The Labute approximate surface area is 367 Å². The van der Waals surface area contributed by atoms with Gasteiger partial charge in [-0.15, -0.1) is 0 Å². The second-order valence-corrected chi connectivity index (χ2v) is 18.5. The zero-order valence-electron chi connectivity index (χ0n) is 40.1. The van der Waals surface area contributed by atoms with Gasteiger partial charge in [0.2, 0.25) is 0 Å². The van der Waals surface area contributed by atoms with Crippen LogP contribution < -0.4 is 0 Å². The van der Waals surface area contributed by atoms with Gasteiger partial charge in [0, 0.05) is 12.8 Å². The molecule has 0 saturated carbocycles.